The number of hydrogen-bond acceptors (Lipinski definition) is 3. The number of halogens is 3. The summed E-state index contributed by atoms with van der Waals surface area (Å²) in [5, 5.41) is 2.73. The highest BCUT2D eigenvalue weighted by Crippen LogP contribution is 2.36. The first-order valence-corrected chi connectivity index (χ1v) is 9.76. The summed E-state index contributed by atoms with van der Waals surface area (Å²) in [6.45, 7) is 2.49. The van der Waals surface area contributed by atoms with E-state index < -0.39 is 24.7 Å². The molecule has 0 saturated heterocycles. The Hall–Kier alpha value is -2.29. The van der Waals surface area contributed by atoms with E-state index in [1.165, 1.54) is 0 Å². The van der Waals surface area contributed by atoms with Crippen molar-refractivity contribution in [3.8, 4) is 5.75 Å². The lowest BCUT2D eigenvalue weighted by Crippen LogP contribution is -3.14. The van der Waals surface area contributed by atoms with Crippen molar-refractivity contribution in [3.63, 3.8) is 0 Å². The van der Waals surface area contributed by atoms with Gasteiger partial charge in [0.25, 0.3) is 11.8 Å². The van der Waals surface area contributed by atoms with Crippen molar-refractivity contribution >= 4 is 17.5 Å². The van der Waals surface area contributed by atoms with Crippen molar-refractivity contribution in [1.82, 2.24) is 4.90 Å². The number of amides is 2. The van der Waals surface area contributed by atoms with Crippen molar-refractivity contribution < 1.29 is 32.4 Å². The standard InChI is InChI=1S/C20H28F3N3O3/c1-4-25(11-18(27)24-16-7-9-17(29-3)10-8-16)12-19(28)26(13-20(21,22)23)14(2)15-5-6-15/h7-10,14-15H,4-6,11-13H2,1-3H3,(H,24,27)/p+1/t14-/m1/s1. The third-order valence-corrected chi connectivity index (χ3v) is 5.15. The molecule has 1 aromatic carbocycles. The van der Waals surface area contributed by atoms with E-state index in [2.05, 4.69) is 5.32 Å². The molecule has 29 heavy (non-hydrogen) atoms. The predicted octanol–water partition coefficient (Wildman–Crippen LogP) is 1.73. The van der Waals surface area contributed by atoms with Gasteiger partial charge in [0.1, 0.15) is 12.3 Å². The number of hydrogen-bond donors (Lipinski definition) is 2. The molecule has 2 N–H and O–H groups in total. The van der Waals surface area contributed by atoms with E-state index >= 15 is 0 Å². The van der Waals surface area contributed by atoms with Crippen LogP contribution in [-0.4, -0.2) is 62.2 Å². The molecule has 1 aromatic rings. The quantitative estimate of drug-likeness (QED) is 0.611. The number of carbonyl (C=O) groups excluding carboxylic acids is 2. The average Bonchev–Trinajstić information content (AvgIpc) is 3.50. The summed E-state index contributed by atoms with van der Waals surface area (Å²) in [6.07, 6.45) is -2.76. The van der Waals surface area contributed by atoms with Crippen LogP contribution in [0.15, 0.2) is 24.3 Å². The second-order valence-electron chi connectivity index (χ2n) is 7.45. The summed E-state index contributed by atoms with van der Waals surface area (Å²) in [6, 6.07) is 6.34. The number of ether oxygens (including phenoxy) is 1. The van der Waals surface area contributed by atoms with Gasteiger partial charge in [-0.2, -0.15) is 13.2 Å². The number of likely N-dealkylation sites (N-methyl/N-ethyl adjacent to an activating group) is 1. The van der Waals surface area contributed by atoms with Gasteiger partial charge >= 0.3 is 6.18 Å². The van der Waals surface area contributed by atoms with Crippen molar-refractivity contribution in [2.24, 2.45) is 5.92 Å². The Morgan fingerprint density at radius 2 is 1.86 bits per heavy atom. The van der Waals surface area contributed by atoms with Crippen molar-refractivity contribution in [2.75, 3.05) is 38.6 Å². The highest BCUT2D eigenvalue weighted by molar-refractivity contribution is 5.91. The molecule has 0 spiro atoms. The Morgan fingerprint density at radius 3 is 2.34 bits per heavy atom. The van der Waals surface area contributed by atoms with Crippen LogP contribution in [0.25, 0.3) is 0 Å². The summed E-state index contributed by atoms with van der Waals surface area (Å²) in [7, 11) is 1.54. The molecule has 0 aromatic heterocycles. The van der Waals surface area contributed by atoms with Gasteiger partial charge in [-0.25, -0.2) is 0 Å². The van der Waals surface area contributed by atoms with Gasteiger partial charge in [-0.3, -0.25) is 9.59 Å². The largest absolute Gasteiger partial charge is 0.497 e. The number of alkyl halides is 3. The molecule has 1 unspecified atom stereocenters. The van der Waals surface area contributed by atoms with Gasteiger partial charge in [-0.05, 0) is 56.9 Å². The number of rotatable bonds is 10. The third kappa shape index (κ3) is 7.56. The van der Waals surface area contributed by atoms with Gasteiger partial charge in [0, 0.05) is 11.7 Å². The molecule has 2 rings (SSSR count). The van der Waals surface area contributed by atoms with E-state index in [-0.39, 0.29) is 24.9 Å². The van der Waals surface area contributed by atoms with Crippen LogP contribution in [0.3, 0.4) is 0 Å². The number of methoxy groups -OCH3 is 1. The van der Waals surface area contributed by atoms with Gasteiger partial charge in [0.05, 0.1) is 13.7 Å². The molecule has 1 fully saturated rings. The van der Waals surface area contributed by atoms with Crippen LogP contribution in [0.5, 0.6) is 5.75 Å². The first-order chi connectivity index (χ1) is 13.6. The van der Waals surface area contributed by atoms with Crippen molar-refractivity contribution in [1.29, 1.82) is 0 Å². The molecule has 162 valence electrons. The summed E-state index contributed by atoms with van der Waals surface area (Å²) in [5.74, 6) is -0.0954. The lowest BCUT2D eigenvalue weighted by atomic mass is 10.1. The minimum absolute atomic E-state index is 0.00800. The molecule has 2 atom stereocenters. The molecule has 1 aliphatic carbocycles. The van der Waals surface area contributed by atoms with E-state index in [1.807, 2.05) is 0 Å². The summed E-state index contributed by atoms with van der Waals surface area (Å²) in [4.78, 5) is 26.5. The average molecular weight is 416 g/mol. The first kappa shape index (κ1) is 23.0. The zero-order valence-electron chi connectivity index (χ0n) is 17.0. The maximum atomic E-state index is 13.0. The van der Waals surface area contributed by atoms with Crippen LogP contribution in [-0.2, 0) is 9.59 Å². The summed E-state index contributed by atoms with van der Waals surface area (Å²) >= 11 is 0. The minimum atomic E-state index is -4.45. The van der Waals surface area contributed by atoms with E-state index in [0.29, 0.717) is 22.9 Å². The lowest BCUT2D eigenvalue weighted by molar-refractivity contribution is -0.882. The molecule has 0 radical (unpaired) electrons. The fraction of sp³-hybridized carbons (Fsp3) is 0.600. The van der Waals surface area contributed by atoms with Gasteiger partial charge in [-0.15, -0.1) is 0 Å². The number of nitrogens with one attached hydrogen (secondary N) is 2. The summed E-state index contributed by atoms with van der Waals surface area (Å²) < 4.78 is 43.9. The van der Waals surface area contributed by atoms with Gasteiger partial charge in [-0.1, -0.05) is 0 Å². The fourth-order valence-electron chi connectivity index (χ4n) is 3.22. The highest BCUT2D eigenvalue weighted by Gasteiger charge is 2.41. The molecule has 0 aliphatic heterocycles. The molecular formula is C20H29F3N3O3+. The molecule has 1 aliphatic rings. The zero-order chi connectivity index (χ0) is 21.6. The first-order valence-electron chi connectivity index (χ1n) is 9.76. The van der Waals surface area contributed by atoms with Crippen molar-refractivity contribution in [3.05, 3.63) is 24.3 Å². The van der Waals surface area contributed by atoms with Gasteiger partial charge in [0.2, 0.25) is 0 Å². The number of benzene rings is 1. The Bertz CT molecular complexity index is 690. The van der Waals surface area contributed by atoms with E-state index in [9.17, 15) is 22.8 Å². The minimum Gasteiger partial charge on any atom is -0.497 e. The Labute approximate surface area is 169 Å². The van der Waals surface area contributed by atoms with Crippen LogP contribution in [0.1, 0.15) is 26.7 Å². The second kappa shape index (κ2) is 9.96. The monoisotopic (exact) mass is 416 g/mol. The van der Waals surface area contributed by atoms with Crippen molar-refractivity contribution in [2.45, 2.75) is 38.9 Å². The normalized spacial score (nSPS) is 16.1. The fourth-order valence-corrected chi connectivity index (χ4v) is 3.22. The lowest BCUT2D eigenvalue weighted by Gasteiger charge is -2.31. The number of nitrogens with zero attached hydrogens (tertiary/aromatic N) is 1. The second-order valence-corrected chi connectivity index (χ2v) is 7.45. The van der Waals surface area contributed by atoms with Crippen LogP contribution < -0.4 is 15.0 Å². The molecular weight excluding hydrogens is 387 g/mol. The van der Waals surface area contributed by atoms with E-state index in [1.54, 1.807) is 45.2 Å². The molecule has 1 saturated carbocycles. The van der Waals surface area contributed by atoms with Gasteiger partial charge in [0.15, 0.2) is 13.1 Å². The number of anilines is 1. The zero-order valence-corrected chi connectivity index (χ0v) is 17.0. The highest BCUT2D eigenvalue weighted by atomic mass is 19.4. The van der Waals surface area contributed by atoms with Crippen LogP contribution in [0.4, 0.5) is 18.9 Å². The van der Waals surface area contributed by atoms with Crippen LogP contribution in [0.2, 0.25) is 0 Å². The molecule has 0 heterocycles. The maximum absolute atomic E-state index is 13.0. The SMILES string of the molecule is CC[NH+](CC(=O)Nc1ccc(OC)cc1)CC(=O)N(CC(F)(F)F)[C@H](C)C1CC1. The third-order valence-electron chi connectivity index (χ3n) is 5.15. The topological polar surface area (TPSA) is 63.1 Å². The predicted molar refractivity (Wildman–Crippen MR) is 103 cm³/mol. The van der Waals surface area contributed by atoms with E-state index in [0.717, 1.165) is 17.7 Å². The van der Waals surface area contributed by atoms with E-state index in [4.69, 9.17) is 4.74 Å². The Balaban J connectivity index is 1.94. The Kier molecular flexibility index (Phi) is 7.89. The number of carbonyl (C=O) groups is 2. The number of quaternary nitrogens is 1. The molecule has 2 amide bonds. The molecule has 0 bridgehead atoms. The maximum Gasteiger partial charge on any atom is 0.406 e. The Morgan fingerprint density at radius 1 is 1.24 bits per heavy atom. The smallest absolute Gasteiger partial charge is 0.406 e. The van der Waals surface area contributed by atoms with Crippen LogP contribution >= 0.6 is 0 Å². The van der Waals surface area contributed by atoms with Crippen LogP contribution in [0, 0.1) is 5.92 Å². The molecule has 9 heteroatoms. The van der Waals surface area contributed by atoms with Gasteiger partial charge < -0.3 is 19.9 Å². The molecule has 6 nitrogen and oxygen atoms in total. The summed E-state index contributed by atoms with van der Waals surface area (Å²) in [5.41, 5.74) is 0.582.